The van der Waals surface area contributed by atoms with Crippen LogP contribution in [0.25, 0.3) is 0 Å². The van der Waals surface area contributed by atoms with Crippen LogP contribution in [-0.2, 0) is 10.0 Å². The van der Waals surface area contributed by atoms with Gasteiger partial charge in [-0.05, 0) is 37.1 Å². The van der Waals surface area contributed by atoms with Crippen molar-refractivity contribution in [3.63, 3.8) is 0 Å². The van der Waals surface area contributed by atoms with Crippen molar-refractivity contribution in [3.8, 4) is 17.7 Å². The Labute approximate surface area is 157 Å². The highest BCUT2D eigenvalue weighted by molar-refractivity contribution is 7.89. The van der Waals surface area contributed by atoms with Crippen LogP contribution in [0.4, 0.5) is 4.39 Å². The molecule has 1 aromatic heterocycles. The summed E-state index contributed by atoms with van der Waals surface area (Å²) >= 11 is 0. The van der Waals surface area contributed by atoms with Gasteiger partial charge in [-0.3, -0.25) is 0 Å². The number of sulfonamides is 1. The number of piperidine rings is 1. The van der Waals surface area contributed by atoms with Crippen LogP contribution in [0.1, 0.15) is 18.4 Å². The van der Waals surface area contributed by atoms with E-state index in [9.17, 15) is 12.8 Å². The SMILES string of the molecule is COc1ccc(F)cc1S(=O)(=O)N1CCC[C@H](Oc2cc(C#N)ccn2)C1. The first-order valence-corrected chi connectivity index (χ1v) is 9.74. The molecular weight excluding hydrogens is 373 g/mol. The van der Waals surface area contributed by atoms with Gasteiger partial charge < -0.3 is 9.47 Å². The molecule has 2 aromatic rings. The topological polar surface area (TPSA) is 92.5 Å². The molecule has 0 amide bonds. The molecule has 0 N–H and O–H groups in total. The molecule has 0 radical (unpaired) electrons. The molecule has 3 rings (SSSR count). The van der Waals surface area contributed by atoms with Gasteiger partial charge in [0.25, 0.3) is 0 Å². The maximum Gasteiger partial charge on any atom is 0.246 e. The summed E-state index contributed by atoms with van der Waals surface area (Å²) in [7, 11) is -2.61. The van der Waals surface area contributed by atoms with Gasteiger partial charge in [0.05, 0.1) is 25.3 Å². The Hall–Kier alpha value is -2.70. The van der Waals surface area contributed by atoms with Crippen LogP contribution in [0.2, 0.25) is 0 Å². The lowest BCUT2D eigenvalue weighted by atomic mass is 10.1. The van der Waals surface area contributed by atoms with Crippen molar-refractivity contribution in [2.45, 2.75) is 23.8 Å². The minimum atomic E-state index is -3.95. The van der Waals surface area contributed by atoms with Gasteiger partial charge in [-0.25, -0.2) is 17.8 Å². The van der Waals surface area contributed by atoms with E-state index in [0.29, 0.717) is 24.9 Å². The number of halogens is 1. The Bertz CT molecular complexity index is 975. The average Bonchev–Trinajstić information content (AvgIpc) is 2.68. The maximum atomic E-state index is 13.6. The van der Waals surface area contributed by atoms with Crippen LogP contribution in [0, 0.1) is 17.1 Å². The number of benzene rings is 1. The van der Waals surface area contributed by atoms with E-state index >= 15 is 0 Å². The summed E-state index contributed by atoms with van der Waals surface area (Å²) in [5.74, 6) is -0.304. The number of aromatic nitrogens is 1. The molecule has 7 nitrogen and oxygen atoms in total. The summed E-state index contributed by atoms with van der Waals surface area (Å²) in [4.78, 5) is 3.84. The number of ether oxygens (including phenoxy) is 2. The van der Waals surface area contributed by atoms with Crippen molar-refractivity contribution < 1.29 is 22.3 Å². The van der Waals surface area contributed by atoms with Gasteiger partial charge in [-0.2, -0.15) is 9.57 Å². The smallest absolute Gasteiger partial charge is 0.246 e. The second-order valence-electron chi connectivity index (χ2n) is 6.03. The Morgan fingerprint density at radius 1 is 1.33 bits per heavy atom. The predicted molar refractivity (Wildman–Crippen MR) is 94.3 cm³/mol. The molecule has 1 aliphatic rings. The zero-order valence-corrected chi connectivity index (χ0v) is 15.4. The van der Waals surface area contributed by atoms with Crippen LogP contribution >= 0.6 is 0 Å². The Balaban J connectivity index is 1.81. The molecule has 1 saturated heterocycles. The number of hydrogen-bond donors (Lipinski definition) is 0. The Kier molecular flexibility index (Phi) is 5.58. The molecule has 1 atom stereocenters. The van der Waals surface area contributed by atoms with E-state index in [1.807, 2.05) is 6.07 Å². The molecule has 1 fully saturated rings. The van der Waals surface area contributed by atoms with Crippen LogP contribution in [-0.4, -0.2) is 44.0 Å². The number of nitrogens with zero attached hydrogens (tertiary/aromatic N) is 3. The zero-order chi connectivity index (χ0) is 19.4. The summed E-state index contributed by atoms with van der Waals surface area (Å²) in [6.45, 7) is 0.397. The highest BCUT2D eigenvalue weighted by Crippen LogP contribution is 2.30. The number of pyridine rings is 1. The number of hydrogen-bond acceptors (Lipinski definition) is 6. The molecule has 0 saturated carbocycles. The normalized spacial score (nSPS) is 17.9. The minimum absolute atomic E-state index is 0.0860. The highest BCUT2D eigenvalue weighted by Gasteiger charge is 2.33. The summed E-state index contributed by atoms with van der Waals surface area (Å²) in [5.41, 5.74) is 0.407. The fourth-order valence-corrected chi connectivity index (χ4v) is 4.60. The summed E-state index contributed by atoms with van der Waals surface area (Å²) in [6.07, 6.45) is 2.27. The van der Waals surface area contributed by atoms with Gasteiger partial charge in [-0.1, -0.05) is 0 Å². The van der Waals surface area contributed by atoms with E-state index < -0.39 is 21.9 Å². The highest BCUT2D eigenvalue weighted by atomic mass is 32.2. The van der Waals surface area contributed by atoms with Crippen LogP contribution in [0.3, 0.4) is 0 Å². The van der Waals surface area contributed by atoms with Crippen LogP contribution in [0.5, 0.6) is 11.6 Å². The first kappa shape index (κ1) is 19.1. The van der Waals surface area contributed by atoms with Crippen molar-refractivity contribution >= 4 is 10.0 Å². The van der Waals surface area contributed by atoms with Gasteiger partial charge in [-0.15, -0.1) is 0 Å². The molecule has 27 heavy (non-hydrogen) atoms. The predicted octanol–water partition coefficient (Wildman–Crippen LogP) is 2.33. The largest absolute Gasteiger partial charge is 0.495 e. The van der Waals surface area contributed by atoms with E-state index in [-0.39, 0.29) is 23.1 Å². The number of rotatable bonds is 5. The maximum absolute atomic E-state index is 13.6. The molecule has 2 heterocycles. The lowest BCUT2D eigenvalue weighted by Gasteiger charge is -2.32. The molecule has 1 aromatic carbocycles. The van der Waals surface area contributed by atoms with Gasteiger partial charge in [0.1, 0.15) is 22.6 Å². The summed E-state index contributed by atoms with van der Waals surface area (Å²) in [5, 5.41) is 8.95. The summed E-state index contributed by atoms with van der Waals surface area (Å²) in [6, 6.07) is 8.45. The molecule has 0 aliphatic carbocycles. The van der Waals surface area contributed by atoms with Gasteiger partial charge >= 0.3 is 0 Å². The van der Waals surface area contributed by atoms with E-state index in [1.165, 1.54) is 29.7 Å². The lowest BCUT2D eigenvalue weighted by Crippen LogP contribution is -2.44. The van der Waals surface area contributed by atoms with E-state index in [4.69, 9.17) is 14.7 Å². The average molecular weight is 391 g/mol. The first-order valence-electron chi connectivity index (χ1n) is 8.30. The van der Waals surface area contributed by atoms with Crippen molar-refractivity contribution in [1.29, 1.82) is 5.26 Å². The molecule has 0 bridgehead atoms. The number of methoxy groups -OCH3 is 1. The monoisotopic (exact) mass is 391 g/mol. The first-order chi connectivity index (χ1) is 12.9. The van der Waals surface area contributed by atoms with Gasteiger partial charge in [0.15, 0.2) is 0 Å². The molecule has 142 valence electrons. The fraction of sp³-hybridized carbons (Fsp3) is 0.333. The van der Waals surface area contributed by atoms with E-state index in [2.05, 4.69) is 4.98 Å². The zero-order valence-electron chi connectivity index (χ0n) is 14.6. The standard InChI is InChI=1S/C18H18FN3O4S/c1-25-16-5-4-14(19)10-17(16)27(23,24)22-8-2-3-15(12-22)26-18-9-13(11-20)6-7-21-18/h4-7,9-10,15H,2-3,8,12H2,1H3/t15-/m0/s1. The third-order valence-corrected chi connectivity index (χ3v) is 6.12. The van der Waals surface area contributed by atoms with Gasteiger partial charge in [0, 0.05) is 18.8 Å². The van der Waals surface area contributed by atoms with E-state index in [0.717, 1.165) is 12.1 Å². The lowest BCUT2D eigenvalue weighted by molar-refractivity contribution is 0.124. The second-order valence-corrected chi connectivity index (χ2v) is 7.94. The second kappa shape index (κ2) is 7.90. The third kappa shape index (κ3) is 4.18. The van der Waals surface area contributed by atoms with Crippen molar-refractivity contribution in [1.82, 2.24) is 9.29 Å². The van der Waals surface area contributed by atoms with Crippen molar-refractivity contribution in [2.75, 3.05) is 20.2 Å². The molecular formula is C18H18FN3O4S. The Morgan fingerprint density at radius 3 is 2.89 bits per heavy atom. The van der Waals surface area contributed by atoms with Crippen LogP contribution < -0.4 is 9.47 Å². The quantitative estimate of drug-likeness (QED) is 0.777. The molecule has 0 unspecified atom stereocenters. The summed E-state index contributed by atoms with van der Waals surface area (Å²) < 4.78 is 51.7. The third-order valence-electron chi connectivity index (χ3n) is 4.24. The van der Waals surface area contributed by atoms with Crippen LogP contribution in [0.15, 0.2) is 41.4 Å². The van der Waals surface area contributed by atoms with Crippen molar-refractivity contribution in [3.05, 3.63) is 47.9 Å². The van der Waals surface area contributed by atoms with E-state index in [1.54, 1.807) is 6.07 Å². The minimum Gasteiger partial charge on any atom is -0.495 e. The Morgan fingerprint density at radius 2 is 2.15 bits per heavy atom. The van der Waals surface area contributed by atoms with Gasteiger partial charge in [0.2, 0.25) is 15.9 Å². The molecule has 1 aliphatic heterocycles. The molecule has 0 spiro atoms. The fourth-order valence-electron chi connectivity index (χ4n) is 2.92. The molecule has 9 heteroatoms. The van der Waals surface area contributed by atoms with Crippen molar-refractivity contribution in [2.24, 2.45) is 0 Å². The number of nitriles is 1.